The largest absolute Gasteiger partial charge is 0.261 e. The van der Waals surface area contributed by atoms with Gasteiger partial charge < -0.3 is 0 Å². The van der Waals surface area contributed by atoms with Crippen molar-refractivity contribution < 1.29 is 0 Å². The number of halogens is 1. The van der Waals surface area contributed by atoms with E-state index in [4.69, 9.17) is 11.6 Å². The van der Waals surface area contributed by atoms with Crippen molar-refractivity contribution in [2.45, 2.75) is 20.3 Å². The fraction of sp³-hybridized carbons (Fsp3) is 0.444. The number of hydrogen-bond donors (Lipinski definition) is 0. The van der Waals surface area contributed by atoms with Crippen molar-refractivity contribution in [1.82, 2.24) is 4.98 Å². The second-order valence-corrected chi connectivity index (χ2v) is 3.06. The van der Waals surface area contributed by atoms with E-state index in [1.54, 1.807) is 0 Å². The first-order valence-corrected chi connectivity index (χ1v) is 4.25. The lowest BCUT2D eigenvalue weighted by atomic mass is 10.1. The highest BCUT2D eigenvalue weighted by molar-refractivity contribution is 6.17. The van der Waals surface area contributed by atoms with Crippen LogP contribution in [0.15, 0.2) is 12.3 Å². The molecule has 0 aromatic carbocycles. The van der Waals surface area contributed by atoms with Gasteiger partial charge >= 0.3 is 0 Å². The van der Waals surface area contributed by atoms with Crippen molar-refractivity contribution in [3.05, 3.63) is 29.1 Å². The third kappa shape index (κ3) is 2.19. The first-order chi connectivity index (χ1) is 5.24. The van der Waals surface area contributed by atoms with E-state index in [9.17, 15) is 0 Å². The van der Waals surface area contributed by atoms with E-state index < -0.39 is 0 Å². The summed E-state index contributed by atoms with van der Waals surface area (Å²) in [7, 11) is 0. The molecule has 11 heavy (non-hydrogen) atoms. The lowest BCUT2D eigenvalue weighted by molar-refractivity contribution is 1.06. The second kappa shape index (κ2) is 3.72. The smallest absolute Gasteiger partial charge is 0.0401 e. The summed E-state index contributed by atoms with van der Waals surface area (Å²) in [6, 6.07) is 2.14. The SMILES string of the molecule is Cc1cc(CCCl)cnc1C. The van der Waals surface area contributed by atoms with E-state index in [0.717, 1.165) is 12.1 Å². The molecular formula is C9H12ClN. The lowest BCUT2D eigenvalue weighted by Crippen LogP contribution is -1.92. The van der Waals surface area contributed by atoms with Crippen molar-refractivity contribution in [2.24, 2.45) is 0 Å². The molecule has 1 heterocycles. The minimum Gasteiger partial charge on any atom is -0.261 e. The van der Waals surface area contributed by atoms with Crippen LogP contribution in [-0.4, -0.2) is 10.9 Å². The van der Waals surface area contributed by atoms with Crippen LogP contribution in [-0.2, 0) is 6.42 Å². The molecule has 0 aliphatic heterocycles. The molecule has 0 aliphatic rings. The molecule has 0 aliphatic carbocycles. The van der Waals surface area contributed by atoms with E-state index >= 15 is 0 Å². The van der Waals surface area contributed by atoms with Gasteiger partial charge in [-0.1, -0.05) is 6.07 Å². The average Bonchev–Trinajstić information content (AvgIpc) is 1.98. The molecule has 2 heteroatoms. The van der Waals surface area contributed by atoms with Crippen LogP contribution in [0.5, 0.6) is 0 Å². The summed E-state index contributed by atoms with van der Waals surface area (Å²) < 4.78 is 0. The Morgan fingerprint density at radius 1 is 1.45 bits per heavy atom. The van der Waals surface area contributed by atoms with Crippen LogP contribution in [0.4, 0.5) is 0 Å². The maximum Gasteiger partial charge on any atom is 0.0401 e. The van der Waals surface area contributed by atoms with Gasteiger partial charge in [-0.25, -0.2) is 0 Å². The number of aryl methyl sites for hydroxylation is 3. The Labute approximate surface area is 72.4 Å². The highest BCUT2D eigenvalue weighted by Crippen LogP contribution is 2.07. The molecular weight excluding hydrogens is 158 g/mol. The molecule has 0 unspecified atom stereocenters. The van der Waals surface area contributed by atoms with Crippen LogP contribution < -0.4 is 0 Å². The third-order valence-corrected chi connectivity index (χ3v) is 1.97. The van der Waals surface area contributed by atoms with E-state index in [0.29, 0.717) is 5.88 Å². The number of alkyl halides is 1. The minimum absolute atomic E-state index is 0.671. The monoisotopic (exact) mass is 169 g/mol. The molecule has 0 radical (unpaired) electrons. The van der Waals surface area contributed by atoms with E-state index in [2.05, 4.69) is 18.0 Å². The first kappa shape index (κ1) is 8.54. The fourth-order valence-corrected chi connectivity index (χ4v) is 1.17. The van der Waals surface area contributed by atoms with E-state index in [1.807, 2.05) is 13.1 Å². The Hall–Kier alpha value is -0.560. The number of aromatic nitrogens is 1. The summed E-state index contributed by atoms with van der Waals surface area (Å²) in [5.41, 5.74) is 3.57. The summed E-state index contributed by atoms with van der Waals surface area (Å²) in [5, 5.41) is 0. The van der Waals surface area contributed by atoms with Crippen molar-refractivity contribution in [2.75, 3.05) is 5.88 Å². The van der Waals surface area contributed by atoms with Gasteiger partial charge in [-0.2, -0.15) is 0 Å². The summed E-state index contributed by atoms with van der Waals surface area (Å²) in [6.07, 6.45) is 2.81. The third-order valence-electron chi connectivity index (χ3n) is 1.78. The molecule has 1 nitrogen and oxygen atoms in total. The maximum absolute atomic E-state index is 5.60. The van der Waals surface area contributed by atoms with Crippen molar-refractivity contribution >= 4 is 11.6 Å². The van der Waals surface area contributed by atoms with Crippen LogP contribution in [0.1, 0.15) is 16.8 Å². The Balaban J connectivity index is 2.86. The van der Waals surface area contributed by atoms with Gasteiger partial charge in [0.15, 0.2) is 0 Å². The van der Waals surface area contributed by atoms with Gasteiger partial charge in [0.25, 0.3) is 0 Å². The minimum atomic E-state index is 0.671. The first-order valence-electron chi connectivity index (χ1n) is 3.72. The highest BCUT2D eigenvalue weighted by Gasteiger charge is 1.95. The molecule has 1 aromatic rings. The molecule has 60 valence electrons. The standard InChI is InChI=1S/C9H12ClN/c1-7-5-9(3-4-10)6-11-8(7)2/h5-6H,3-4H2,1-2H3. The quantitative estimate of drug-likeness (QED) is 0.620. The molecule has 0 saturated heterocycles. The Morgan fingerprint density at radius 2 is 2.18 bits per heavy atom. The van der Waals surface area contributed by atoms with Crippen LogP contribution in [0.3, 0.4) is 0 Å². The predicted molar refractivity (Wildman–Crippen MR) is 48.1 cm³/mol. The van der Waals surface area contributed by atoms with Crippen LogP contribution in [0.25, 0.3) is 0 Å². The highest BCUT2D eigenvalue weighted by atomic mass is 35.5. The summed E-state index contributed by atoms with van der Waals surface area (Å²) in [5.74, 6) is 0.671. The van der Waals surface area contributed by atoms with Gasteiger partial charge in [0.05, 0.1) is 0 Å². The van der Waals surface area contributed by atoms with Crippen LogP contribution in [0.2, 0.25) is 0 Å². The number of hydrogen-bond acceptors (Lipinski definition) is 1. The van der Waals surface area contributed by atoms with Crippen LogP contribution >= 0.6 is 11.6 Å². The second-order valence-electron chi connectivity index (χ2n) is 2.68. The molecule has 0 bridgehead atoms. The maximum atomic E-state index is 5.60. The molecule has 0 amide bonds. The summed E-state index contributed by atoms with van der Waals surface area (Å²) in [4.78, 5) is 4.24. The molecule has 0 N–H and O–H groups in total. The molecule has 0 fully saturated rings. The average molecular weight is 170 g/mol. The topological polar surface area (TPSA) is 12.9 Å². The summed E-state index contributed by atoms with van der Waals surface area (Å²) in [6.45, 7) is 4.08. The van der Waals surface area contributed by atoms with Gasteiger partial charge in [-0.3, -0.25) is 4.98 Å². The van der Waals surface area contributed by atoms with E-state index in [-0.39, 0.29) is 0 Å². The van der Waals surface area contributed by atoms with Gasteiger partial charge in [0, 0.05) is 17.8 Å². The van der Waals surface area contributed by atoms with Crippen molar-refractivity contribution in [3.63, 3.8) is 0 Å². The van der Waals surface area contributed by atoms with Gasteiger partial charge in [0.1, 0.15) is 0 Å². The molecule has 0 spiro atoms. The number of rotatable bonds is 2. The zero-order valence-corrected chi connectivity index (χ0v) is 7.65. The van der Waals surface area contributed by atoms with Gasteiger partial charge in [-0.15, -0.1) is 11.6 Å². The molecule has 1 rings (SSSR count). The summed E-state index contributed by atoms with van der Waals surface area (Å²) >= 11 is 5.60. The Bertz CT molecular complexity index is 245. The number of nitrogens with zero attached hydrogens (tertiary/aromatic N) is 1. The van der Waals surface area contributed by atoms with Crippen molar-refractivity contribution in [3.8, 4) is 0 Å². The molecule has 0 atom stereocenters. The lowest BCUT2D eigenvalue weighted by Gasteiger charge is -2.01. The van der Waals surface area contributed by atoms with Crippen molar-refractivity contribution in [1.29, 1.82) is 0 Å². The van der Waals surface area contributed by atoms with Gasteiger partial charge in [0.2, 0.25) is 0 Å². The number of pyridine rings is 1. The molecule has 0 saturated carbocycles. The van der Waals surface area contributed by atoms with E-state index in [1.165, 1.54) is 11.1 Å². The zero-order valence-electron chi connectivity index (χ0n) is 6.89. The molecule has 1 aromatic heterocycles. The normalized spacial score (nSPS) is 10.1. The fourth-order valence-electron chi connectivity index (χ4n) is 0.947. The predicted octanol–water partition coefficient (Wildman–Crippen LogP) is 2.48. The Morgan fingerprint density at radius 3 is 2.73 bits per heavy atom. The van der Waals surface area contributed by atoms with Gasteiger partial charge in [-0.05, 0) is 31.4 Å². The van der Waals surface area contributed by atoms with Crippen LogP contribution in [0, 0.1) is 13.8 Å². The zero-order chi connectivity index (χ0) is 8.27. The Kier molecular flexibility index (Phi) is 2.89.